The van der Waals surface area contributed by atoms with Gasteiger partial charge in [-0.1, -0.05) is 12.8 Å². The van der Waals surface area contributed by atoms with Gasteiger partial charge >= 0.3 is 0 Å². The summed E-state index contributed by atoms with van der Waals surface area (Å²) in [6.45, 7) is 0. The van der Waals surface area contributed by atoms with Gasteiger partial charge in [0.2, 0.25) is 0 Å². The Bertz CT molecular complexity index is 299. The minimum absolute atomic E-state index is 0.473. The molecule has 0 aromatic carbocycles. The van der Waals surface area contributed by atoms with Crippen LogP contribution in [0.4, 0.5) is 0 Å². The van der Waals surface area contributed by atoms with Crippen molar-refractivity contribution in [3.63, 3.8) is 0 Å². The number of hydrogen-bond acceptors (Lipinski definition) is 3. The molecule has 0 radical (unpaired) electrons. The van der Waals surface area contributed by atoms with Crippen LogP contribution in [0.2, 0.25) is 0 Å². The van der Waals surface area contributed by atoms with Gasteiger partial charge in [-0.05, 0) is 24.3 Å². The van der Waals surface area contributed by atoms with Crippen LogP contribution < -0.4 is 11.3 Å². The van der Waals surface area contributed by atoms with Gasteiger partial charge < -0.3 is 5.43 Å². The molecule has 1 aromatic rings. The lowest BCUT2D eigenvalue weighted by molar-refractivity contribution is 0.701. The van der Waals surface area contributed by atoms with Crippen molar-refractivity contribution in [2.75, 3.05) is 0 Å². The van der Waals surface area contributed by atoms with Gasteiger partial charge in [0.25, 0.3) is 0 Å². The fourth-order valence-electron chi connectivity index (χ4n) is 1.81. The summed E-state index contributed by atoms with van der Waals surface area (Å²) in [5, 5.41) is 4.10. The van der Waals surface area contributed by atoms with E-state index in [1.54, 1.807) is 11.3 Å². The summed E-state index contributed by atoms with van der Waals surface area (Å²) in [6.07, 6.45) is 5.01. The molecular weight excluding hydrogens is 194 g/mol. The minimum Gasteiger partial charge on any atom is -0.308 e. The number of nitrogens with zero attached hydrogens (tertiary/aromatic N) is 1. The number of rotatable bonds is 2. The molecule has 1 fully saturated rings. The highest BCUT2D eigenvalue weighted by atomic mass is 32.1. The van der Waals surface area contributed by atoms with Crippen molar-refractivity contribution < 1.29 is 0 Å². The lowest BCUT2D eigenvalue weighted by Crippen LogP contribution is -2.31. The topological polar surface area (TPSA) is 50.4 Å². The Hall–Kier alpha value is -0.870. The first-order valence-corrected chi connectivity index (χ1v) is 5.91. The molecule has 3 N–H and O–H groups in total. The third kappa shape index (κ3) is 2.13. The third-order valence-electron chi connectivity index (χ3n) is 2.57. The first kappa shape index (κ1) is 9.68. The Morgan fingerprint density at radius 1 is 1.50 bits per heavy atom. The number of nitrogens with one attached hydrogen (secondary N) is 1. The predicted octanol–water partition coefficient (Wildman–Crippen LogP) is 1.90. The average Bonchev–Trinajstić information content (AvgIpc) is 2.86. The fraction of sp³-hybridized carbons (Fsp3) is 0.500. The molecule has 0 spiro atoms. The maximum Gasteiger partial charge on any atom is 0.143 e. The molecule has 0 aliphatic heterocycles. The van der Waals surface area contributed by atoms with Gasteiger partial charge in [0.05, 0.1) is 6.04 Å². The van der Waals surface area contributed by atoms with Gasteiger partial charge in [0, 0.05) is 10.9 Å². The number of nitrogens with two attached hydrogens (primary N) is 1. The molecule has 1 heterocycles. The molecule has 1 aliphatic rings. The summed E-state index contributed by atoms with van der Waals surface area (Å²) in [5.41, 5.74) is 3.79. The smallest absolute Gasteiger partial charge is 0.143 e. The van der Waals surface area contributed by atoms with Crippen LogP contribution in [0.25, 0.3) is 0 Å². The second-order valence-electron chi connectivity index (χ2n) is 3.57. The second-order valence-corrected chi connectivity index (χ2v) is 4.35. The first-order valence-electron chi connectivity index (χ1n) is 4.97. The maximum atomic E-state index is 5.47. The van der Waals surface area contributed by atoms with Crippen LogP contribution in [0.1, 0.15) is 31.2 Å². The fourth-order valence-corrected chi connectivity index (χ4v) is 2.45. The van der Waals surface area contributed by atoms with Crippen molar-refractivity contribution in [2.24, 2.45) is 10.8 Å². The molecule has 2 rings (SSSR count). The van der Waals surface area contributed by atoms with Gasteiger partial charge in [-0.25, -0.2) is 5.84 Å². The van der Waals surface area contributed by atoms with E-state index in [0.717, 1.165) is 11.4 Å². The summed E-state index contributed by atoms with van der Waals surface area (Å²) >= 11 is 1.66. The second kappa shape index (κ2) is 4.57. The molecule has 1 aromatic heterocycles. The SMILES string of the molecule is NNC(=NC1CCCC1)c1ccsc1. The van der Waals surface area contributed by atoms with Gasteiger partial charge in [0.1, 0.15) is 5.84 Å². The highest BCUT2D eigenvalue weighted by Gasteiger charge is 2.14. The van der Waals surface area contributed by atoms with Crippen molar-refractivity contribution in [1.82, 2.24) is 5.43 Å². The van der Waals surface area contributed by atoms with E-state index in [9.17, 15) is 0 Å². The largest absolute Gasteiger partial charge is 0.308 e. The molecule has 0 atom stereocenters. The number of hydrogen-bond donors (Lipinski definition) is 2. The summed E-state index contributed by atoms with van der Waals surface area (Å²) in [4.78, 5) is 4.62. The van der Waals surface area contributed by atoms with Gasteiger partial charge in [-0.15, -0.1) is 0 Å². The van der Waals surface area contributed by atoms with Gasteiger partial charge in [-0.3, -0.25) is 4.99 Å². The van der Waals surface area contributed by atoms with Crippen molar-refractivity contribution in [3.8, 4) is 0 Å². The maximum absolute atomic E-state index is 5.47. The molecule has 0 unspecified atom stereocenters. The van der Waals surface area contributed by atoms with E-state index in [1.165, 1.54) is 25.7 Å². The van der Waals surface area contributed by atoms with Crippen molar-refractivity contribution >= 4 is 17.2 Å². The number of amidine groups is 1. The number of thiophene rings is 1. The highest BCUT2D eigenvalue weighted by molar-refractivity contribution is 7.08. The van der Waals surface area contributed by atoms with Gasteiger partial charge in [0.15, 0.2) is 0 Å². The lowest BCUT2D eigenvalue weighted by Gasteiger charge is -2.07. The Morgan fingerprint density at radius 3 is 2.86 bits per heavy atom. The van der Waals surface area contributed by atoms with Gasteiger partial charge in [-0.2, -0.15) is 11.3 Å². The van der Waals surface area contributed by atoms with Crippen LogP contribution in [0, 0.1) is 0 Å². The lowest BCUT2D eigenvalue weighted by atomic mass is 10.2. The minimum atomic E-state index is 0.473. The van der Waals surface area contributed by atoms with Crippen LogP contribution in [0.15, 0.2) is 21.8 Å². The van der Waals surface area contributed by atoms with Crippen LogP contribution in [0.5, 0.6) is 0 Å². The quantitative estimate of drug-likeness (QED) is 0.338. The molecule has 0 amide bonds. The van der Waals surface area contributed by atoms with Crippen molar-refractivity contribution in [1.29, 1.82) is 0 Å². The summed E-state index contributed by atoms with van der Waals surface area (Å²) < 4.78 is 0. The van der Waals surface area contributed by atoms with E-state index >= 15 is 0 Å². The van der Waals surface area contributed by atoms with E-state index < -0.39 is 0 Å². The molecule has 0 bridgehead atoms. The number of hydrazine groups is 1. The summed E-state index contributed by atoms with van der Waals surface area (Å²) in [5.74, 6) is 6.30. The average molecular weight is 209 g/mol. The molecule has 1 aliphatic carbocycles. The van der Waals surface area contributed by atoms with Crippen molar-refractivity contribution in [2.45, 2.75) is 31.7 Å². The van der Waals surface area contributed by atoms with E-state index in [1.807, 2.05) is 11.4 Å². The molecule has 1 saturated carbocycles. The van der Waals surface area contributed by atoms with E-state index in [0.29, 0.717) is 6.04 Å². The summed E-state index contributed by atoms with van der Waals surface area (Å²) in [6, 6.07) is 2.51. The molecule has 0 saturated heterocycles. The molecular formula is C10H15N3S. The third-order valence-corrected chi connectivity index (χ3v) is 3.25. The monoisotopic (exact) mass is 209 g/mol. The first-order chi connectivity index (χ1) is 6.90. The molecule has 14 heavy (non-hydrogen) atoms. The van der Waals surface area contributed by atoms with E-state index in [-0.39, 0.29) is 0 Å². The zero-order valence-corrected chi connectivity index (χ0v) is 8.89. The Morgan fingerprint density at radius 2 is 2.29 bits per heavy atom. The normalized spacial score (nSPS) is 18.8. The Kier molecular flexibility index (Phi) is 3.16. The summed E-state index contributed by atoms with van der Waals surface area (Å²) in [7, 11) is 0. The number of aliphatic imine (C=N–C) groups is 1. The van der Waals surface area contributed by atoms with Crippen molar-refractivity contribution in [3.05, 3.63) is 22.4 Å². The Balaban J connectivity index is 2.12. The van der Waals surface area contributed by atoms with Crippen LogP contribution in [-0.4, -0.2) is 11.9 Å². The predicted molar refractivity (Wildman–Crippen MR) is 60.4 cm³/mol. The molecule has 4 heteroatoms. The van der Waals surface area contributed by atoms with E-state index in [4.69, 9.17) is 5.84 Å². The Labute approximate surface area is 88.0 Å². The van der Waals surface area contributed by atoms with Crippen LogP contribution >= 0.6 is 11.3 Å². The molecule has 76 valence electrons. The van der Waals surface area contributed by atoms with E-state index in [2.05, 4.69) is 15.8 Å². The van der Waals surface area contributed by atoms with Crippen LogP contribution in [0.3, 0.4) is 0 Å². The highest BCUT2D eigenvalue weighted by Crippen LogP contribution is 2.21. The van der Waals surface area contributed by atoms with Crippen LogP contribution in [-0.2, 0) is 0 Å². The standard InChI is InChI=1S/C10H15N3S/c11-13-10(8-5-6-14-7-8)12-9-3-1-2-4-9/h5-7,9H,1-4,11H2,(H,12,13). The zero-order chi connectivity index (χ0) is 9.80. The zero-order valence-electron chi connectivity index (χ0n) is 8.07. The molecule has 3 nitrogen and oxygen atoms in total.